The predicted octanol–water partition coefficient (Wildman–Crippen LogP) is -4.01. The van der Waals surface area contributed by atoms with Crippen molar-refractivity contribution in [1.29, 1.82) is 0 Å². The van der Waals surface area contributed by atoms with Gasteiger partial charge >= 0.3 is 58.5 Å². The van der Waals surface area contributed by atoms with Gasteiger partial charge in [0, 0.05) is 0 Å². The van der Waals surface area contributed by atoms with Crippen LogP contribution in [0, 0.1) is 0 Å². The van der Waals surface area contributed by atoms with Gasteiger partial charge in [0.15, 0.2) is 0 Å². The Morgan fingerprint density at radius 3 is 1.30 bits per heavy atom. The second kappa shape index (κ2) is 12.4. The molecule has 0 heterocycles. The zero-order valence-electron chi connectivity index (χ0n) is 4.55. The van der Waals surface area contributed by atoms with Crippen LogP contribution in [0.5, 0.6) is 0 Å². The van der Waals surface area contributed by atoms with Crippen molar-refractivity contribution in [3.8, 4) is 0 Å². The Balaban J connectivity index is -0.0000000600. The summed E-state index contributed by atoms with van der Waals surface area (Å²) in [6, 6.07) is 0. The van der Waals surface area contributed by atoms with Crippen LogP contribution in [0.15, 0.2) is 0 Å². The van der Waals surface area contributed by atoms with Crippen molar-refractivity contribution in [2.24, 2.45) is 0 Å². The Labute approximate surface area is 86.3 Å². The van der Waals surface area contributed by atoms with Gasteiger partial charge in [-0.15, -0.1) is 0 Å². The van der Waals surface area contributed by atoms with Crippen LogP contribution in [0.2, 0.25) is 0 Å². The molecule has 0 radical (unpaired) electrons. The van der Waals surface area contributed by atoms with E-state index < -0.39 is 18.3 Å². The molecule has 10 heavy (non-hydrogen) atoms. The van der Waals surface area contributed by atoms with Crippen LogP contribution in [0.25, 0.3) is 0 Å². The van der Waals surface area contributed by atoms with Crippen LogP contribution in [-0.4, -0.2) is 46.9 Å². The van der Waals surface area contributed by atoms with E-state index >= 15 is 0 Å². The molecular weight excluding hydrogens is 232 g/mol. The maximum absolute atomic E-state index is 9.29. The summed E-state index contributed by atoms with van der Waals surface area (Å²) < 4.78 is 21.8. The summed E-state index contributed by atoms with van der Waals surface area (Å²) in [6.45, 7) is 0. The molecule has 0 amide bonds. The minimum atomic E-state index is -3.51. The van der Waals surface area contributed by atoms with E-state index in [1.165, 1.54) is 0 Å². The Kier molecular flexibility index (Phi) is 27.7. The average Bonchev–Trinajstić information content (AvgIpc) is 1.27. The van der Waals surface area contributed by atoms with Gasteiger partial charge in [0.2, 0.25) is 0 Å². The number of hydrogen-bond donors (Lipinski definition) is 0. The maximum atomic E-state index is 9.29. The van der Waals surface area contributed by atoms with E-state index in [0.717, 1.165) is 0 Å². The Hall–Kier alpha value is 0.679. The van der Waals surface area contributed by atoms with Gasteiger partial charge in [0.05, 0.1) is 0 Å². The summed E-state index contributed by atoms with van der Waals surface area (Å²) in [5.74, 6) is 0. The van der Waals surface area contributed by atoms with Gasteiger partial charge in [-0.25, -0.2) is 0 Å². The molecule has 0 spiro atoms. The summed E-state index contributed by atoms with van der Waals surface area (Å²) in [4.78, 5) is 18.6. The maximum Gasteiger partial charge on any atom is 2.00 e. The molecule has 10 heteroatoms. The van der Waals surface area contributed by atoms with Crippen molar-refractivity contribution in [3.63, 3.8) is 0 Å². The van der Waals surface area contributed by atoms with Crippen LogP contribution in [-0.2, 0) is 30.1 Å². The molecule has 0 aliphatic heterocycles. The zero-order valence-corrected chi connectivity index (χ0v) is 9.07. The molecule has 0 aromatic heterocycles. The molecular formula is HFeMgO6Si2+. The SMILES string of the molecule is O=[Si]([O-])O[Si](=O)[O-].[Fe+2].[Mg+2].[OH-]. The molecule has 0 aliphatic carbocycles. The molecule has 0 atom stereocenters. The van der Waals surface area contributed by atoms with Crippen molar-refractivity contribution in [3.05, 3.63) is 0 Å². The molecule has 0 saturated heterocycles. The van der Waals surface area contributed by atoms with Crippen LogP contribution in [0.4, 0.5) is 0 Å². The second-order valence-electron chi connectivity index (χ2n) is 0.602. The average molecular weight is 233 g/mol. The monoisotopic (exact) mass is 233 g/mol. The first-order valence-electron chi connectivity index (χ1n) is 1.22. The third-order valence-electron chi connectivity index (χ3n) is 0.167. The minimum absolute atomic E-state index is 0. The molecule has 0 fully saturated rings. The predicted molar refractivity (Wildman–Crippen MR) is 21.7 cm³/mol. The van der Waals surface area contributed by atoms with Crippen molar-refractivity contribution < 1.29 is 45.2 Å². The topological polar surface area (TPSA) is 119 Å². The van der Waals surface area contributed by atoms with E-state index in [9.17, 15) is 18.5 Å². The summed E-state index contributed by atoms with van der Waals surface area (Å²) in [5.41, 5.74) is 0. The third-order valence-corrected chi connectivity index (χ3v) is 1.50. The molecule has 0 rings (SSSR count). The van der Waals surface area contributed by atoms with E-state index in [0.29, 0.717) is 0 Å². The molecule has 1 N–H and O–H groups in total. The first-order chi connectivity index (χ1) is 3.13. The summed E-state index contributed by atoms with van der Waals surface area (Å²) in [5, 5.41) is 0. The van der Waals surface area contributed by atoms with E-state index in [4.69, 9.17) is 0 Å². The zero-order chi connectivity index (χ0) is 5.86. The smallest absolute Gasteiger partial charge is 0.870 e. The Morgan fingerprint density at radius 2 is 1.30 bits per heavy atom. The van der Waals surface area contributed by atoms with Gasteiger partial charge in [-0.1, -0.05) is 0 Å². The van der Waals surface area contributed by atoms with Crippen LogP contribution in [0.3, 0.4) is 0 Å². The fraction of sp³-hybridized carbons (Fsp3) is 0. The van der Waals surface area contributed by atoms with Crippen LogP contribution in [0.1, 0.15) is 0 Å². The van der Waals surface area contributed by atoms with Gasteiger partial charge < -0.3 is 28.1 Å². The Morgan fingerprint density at radius 1 is 1.10 bits per heavy atom. The first-order valence-corrected chi connectivity index (χ1v) is 3.67. The van der Waals surface area contributed by atoms with Gasteiger partial charge in [-0.3, -0.25) is 0 Å². The second-order valence-corrected chi connectivity index (χ2v) is 2.42. The van der Waals surface area contributed by atoms with Crippen molar-refractivity contribution in [1.82, 2.24) is 0 Å². The van der Waals surface area contributed by atoms with E-state index in [1.54, 1.807) is 0 Å². The minimum Gasteiger partial charge on any atom is -0.870 e. The molecule has 6 nitrogen and oxygen atoms in total. The van der Waals surface area contributed by atoms with E-state index in [-0.39, 0.29) is 45.6 Å². The third kappa shape index (κ3) is 23.4. The van der Waals surface area contributed by atoms with Crippen molar-refractivity contribution >= 4 is 41.4 Å². The van der Waals surface area contributed by atoms with E-state index in [1.807, 2.05) is 0 Å². The molecule has 0 saturated carbocycles. The summed E-state index contributed by atoms with van der Waals surface area (Å²) in [6.07, 6.45) is 0. The Bertz CT molecular complexity index is 91.9. The van der Waals surface area contributed by atoms with Crippen LogP contribution >= 0.6 is 0 Å². The van der Waals surface area contributed by atoms with Crippen molar-refractivity contribution in [2.75, 3.05) is 0 Å². The molecule has 0 aromatic carbocycles. The van der Waals surface area contributed by atoms with Gasteiger partial charge in [-0.2, -0.15) is 0 Å². The fourth-order valence-electron chi connectivity index (χ4n) is 0.0680. The first kappa shape index (κ1) is 22.4. The molecule has 0 aromatic rings. The normalized spacial score (nSPS) is 5.20. The summed E-state index contributed by atoms with van der Waals surface area (Å²) >= 11 is 0. The summed E-state index contributed by atoms with van der Waals surface area (Å²) in [7, 11) is -7.03. The standard InChI is InChI=1S/Fe.Mg.O5Si2.H2O/c;;1-6(2)5-7(3)4;/h;;;1H2/q2*+2;-2;/p-1. The van der Waals surface area contributed by atoms with Crippen molar-refractivity contribution in [2.45, 2.75) is 0 Å². The fourth-order valence-corrected chi connectivity index (χ4v) is 0.612. The molecule has 0 aliphatic rings. The largest absolute Gasteiger partial charge is 2.00 e. The molecule has 0 bridgehead atoms. The quantitative estimate of drug-likeness (QED) is 0.448. The van der Waals surface area contributed by atoms with Gasteiger partial charge in [0.25, 0.3) is 0 Å². The van der Waals surface area contributed by atoms with E-state index in [2.05, 4.69) is 4.12 Å². The molecule has 54 valence electrons. The van der Waals surface area contributed by atoms with Gasteiger partial charge in [0.1, 0.15) is 0 Å². The van der Waals surface area contributed by atoms with Crippen LogP contribution < -0.4 is 9.59 Å². The molecule has 0 unspecified atom stereocenters. The number of rotatable bonds is 2. The number of hydrogen-bond acceptors (Lipinski definition) is 6. The van der Waals surface area contributed by atoms with Gasteiger partial charge in [-0.05, 0) is 0 Å².